The quantitative estimate of drug-likeness (QED) is 0.239. The minimum absolute atomic E-state index is 0.691. The first-order valence-corrected chi connectivity index (χ1v) is 11.2. The molecule has 1 aromatic heterocycles. The summed E-state index contributed by atoms with van der Waals surface area (Å²) in [6, 6.07) is 41.2. The van der Waals surface area contributed by atoms with Gasteiger partial charge in [0, 0.05) is 28.2 Å². The van der Waals surface area contributed by atoms with Crippen LogP contribution in [0, 0.1) is 0 Å². The molecule has 0 aliphatic rings. The number of nitrogens with zero attached hydrogens (tertiary/aromatic N) is 3. The highest BCUT2D eigenvalue weighted by atomic mass is 79.9. The fraction of sp³-hybridized carbons (Fsp3) is 0. The molecule has 0 spiro atoms. The third-order valence-corrected chi connectivity index (χ3v) is 5.58. The van der Waals surface area contributed by atoms with Crippen molar-refractivity contribution in [2.45, 2.75) is 0 Å². The smallest absolute Gasteiger partial charge is 0.161 e. The third kappa shape index (κ3) is 4.32. The maximum atomic E-state index is 4.81. The Hall–Kier alpha value is -3.76. The standard InChI is InChI=1S/C28H20BrN3/c29-27-20-26(21-10-4-1-5-11-21)30-28(31-27)22-16-18-25(19-17-22)32(23-12-6-2-7-13-23)24-14-8-3-9-15-24/h1-20H. The van der Waals surface area contributed by atoms with Crippen LogP contribution in [-0.4, -0.2) is 9.97 Å². The van der Waals surface area contributed by atoms with Gasteiger partial charge in [0.2, 0.25) is 0 Å². The summed E-state index contributed by atoms with van der Waals surface area (Å²) >= 11 is 3.55. The van der Waals surface area contributed by atoms with Gasteiger partial charge in [-0.1, -0.05) is 66.7 Å². The van der Waals surface area contributed by atoms with Crippen molar-refractivity contribution >= 4 is 33.0 Å². The summed E-state index contributed by atoms with van der Waals surface area (Å²) in [5, 5.41) is 0. The SMILES string of the molecule is Brc1cc(-c2ccccc2)nc(-c2ccc(N(c3ccccc3)c3ccccc3)cc2)n1. The van der Waals surface area contributed by atoms with Gasteiger partial charge in [0.15, 0.2) is 5.82 Å². The van der Waals surface area contributed by atoms with Gasteiger partial charge in [-0.2, -0.15) is 0 Å². The number of halogens is 1. The van der Waals surface area contributed by atoms with Crippen molar-refractivity contribution in [3.63, 3.8) is 0 Å². The van der Waals surface area contributed by atoms with E-state index in [1.165, 1.54) is 0 Å². The molecule has 4 aromatic carbocycles. The van der Waals surface area contributed by atoms with Crippen molar-refractivity contribution in [2.75, 3.05) is 4.90 Å². The van der Waals surface area contributed by atoms with E-state index in [1.807, 2.05) is 36.4 Å². The Morgan fingerprint density at radius 2 is 1.00 bits per heavy atom. The van der Waals surface area contributed by atoms with Gasteiger partial charge in [0.25, 0.3) is 0 Å². The van der Waals surface area contributed by atoms with E-state index < -0.39 is 0 Å². The Balaban J connectivity index is 1.53. The second-order valence-corrected chi connectivity index (χ2v) is 8.13. The van der Waals surface area contributed by atoms with Crippen molar-refractivity contribution in [2.24, 2.45) is 0 Å². The van der Waals surface area contributed by atoms with Gasteiger partial charge in [0.1, 0.15) is 4.60 Å². The molecule has 0 atom stereocenters. The Morgan fingerprint density at radius 1 is 0.500 bits per heavy atom. The molecule has 1 heterocycles. The van der Waals surface area contributed by atoms with Crippen molar-refractivity contribution in [1.82, 2.24) is 9.97 Å². The molecular formula is C28H20BrN3. The third-order valence-electron chi connectivity index (χ3n) is 5.18. The lowest BCUT2D eigenvalue weighted by Gasteiger charge is -2.25. The van der Waals surface area contributed by atoms with E-state index in [4.69, 9.17) is 4.98 Å². The summed E-state index contributed by atoms with van der Waals surface area (Å²) in [6.07, 6.45) is 0. The molecule has 0 amide bonds. The number of aromatic nitrogens is 2. The molecule has 0 radical (unpaired) electrons. The molecule has 0 unspecified atom stereocenters. The van der Waals surface area contributed by atoms with Crippen LogP contribution in [0.4, 0.5) is 17.1 Å². The fourth-order valence-corrected chi connectivity index (χ4v) is 4.05. The zero-order valence-electron chi connectivity index (χ0n) is 17.3. The van der Waals surface area contributed by atoms with E-state index in [2.05, 4.69) is 111 Å². The van der Waals surface area contributed by atoms with E-state index in [9.17, 15) is 0 Å². The lowest BCUT2D eigenvalue weighted by molar-refractivity contribution is 1.15. The lowest BCUT2D eigenvalue weighted by atomic mass is 10.1. The summed E-state index contributed by atoms with van der Waals surface area (Å²) < 4.78 is 0.764. The Bertz CT molecular complexity index is 1270. The van der Waals surface area contributed by atoms with Crippen molar-refractivity contribution in [1.29, 1.82) is 0 Å². The van der Waals surface area contributed by atoms with Crippen LogP contribution >= 0.6 is 15.9 Å². The van der Waals surface area contributed by atoms with Gasteiger partial charge in [-0.3, -0.25) is 0 Å². The van der Waals surface area contributed by atoms with Gasteiger partial charge < -0.3 is 4.90 Å². The topological polar surface area (TPSA) is 29.0 Å². The highest BCUT2D eigenvalue weighted by Gasteiger charge is 2.13. The maximum Gasteiger partial charge on any atom is 0.161 e. The molecule has 0 saturated heterocycles. The van der Waals surface area contributed by atoms with Crippen molar-refractivity contribution < 1.29 is 0 Å². The summed E-state index contributed by atoms with van der Waals surface area (Å²) in [7, 11) is 0. The molecule has 0 fully saturated rings. The van der Waals surface area contributed by atoms with E-state index in [1.54, 1.807) is 0 Å². The molecule has 5 rings (SSSR count). The molecule has 3 nitrogen and oxygen atoms in total. The first kappa shape index (κ1) is 20.2. The zero-order chi connectivity index (χ0) is 21.8. The van der Waals surface area contributed by atoms with Gasteiger partial charge in [-0.15, -0.1) is 0 Å². The minimum Gasteiger partial charge on any atom is -0.311 e. The summed E-state index contributed by atoms with van der Waals surface area (Å²) in [5.74, 6) is 0.691. The first-order valence-electron chi connectivity index (χ1n) is 10.4. The number of rotatable bonds is 5. The number of hydrogen-bond acceptors (Lipinski definition) is 3. The number of benzene rings is 4. The second-order valence-electron chi connectivity index (χ2n) is 7.32. The monoisotopic (exact) mass is 477 g/mol. The van der Waals surface area contributed by atoms with Crippen LogP contribution in [0.2, 0.25) is 0 Å². The van der Waals surface area contributed by atoms with Crippen LogP contribution < -0.4 is 4.90 Å². The second kappa shape index (κ2) is 9.16. The predicted octanol–water partition coefficient (Wildman–Crippen LogP) is 8.04. The van der Waals surface area contributed by atoms with Gasteiger partial charge in [-0.05, 0) is 70.5 Å². The minimum atomic E-state index is 0.691. The van der Waals surface area contributed by atoms with E-state index in [0.29, 0.717) is 5.82 Å². The Kier molecular flexibility index (Phi) is 5.77. The average Bonchev–Trinajstić information content (AvgIpc) is 2.86. The average molecular weight is 478 g/mol. The number of para-hydroxylation sites is 2. The molecule has 0 aliphatic carbocycles. The van der Waals surface area contributed by atoms with Crippen LogP contribution in [0.1, 0.15) is 0 Å². The summed E-state index contributed by atoms with van der Waals surface area (Å²) in [5.41, 5.74) is 6.21. The lowest BCUT2D eigenvalue weighted by Crippen LogP contribution is -2.09. The summed E-state index contributed by atoms with van der Waals surface area (Å²) in [6.45, 7) is 0. The van der Waals surface area contributed by atoms with Crippen molar-refractivity contribution in [3.8, 4) is 22.6 Å². The van der Waals surface area contributed by atoms with Crippen LogP contribution in [0.15, 0.2) is 126 Å². The highest BCUT2D eigenvalue weighted by molar-refractivity contribution is 9.10. The van der Waals surface area contributed by atoms with E-state index >= 15 is 0 Å². The fourth-order valence-electron chi connectivity index (χ4n) is 3.66. The maximum absolute atomic E-state index is 4.81. The first-order chi connectivity index (χ1) is 15.8. The van der Waals surface area contributed by atoms with Crippen LogP contribution in [-0.2, 0) is 0 Å². The molecule has 32 heavy (non-hydrogen) atoms. The zero-order valence-corrected chi connectivity index (χ0v) is 18.9. The molecule has 0 bridgehead atoms. The molecule has 5 aromatic rings. The van der Waals surface area contributed by atoms with Gasteiger partial charge in [0.05, 0.1) is 5.69 Å². The highest BCUT2D eigenvalue weighted by Crippen LogP contribution is 2.35. The van der Waals surface area contributed by atoms with Crippen LogP contribution in [0.5, 0.6) is 0 Å². The number of anilines is 3. The Morgan fingerprint density at radius 3 is 1.56 bits per heavy atom. The normalized spacial score (nSPS) is 10.7. The molecule has 0 N–H and O–H groups in total. The van der Waals surface area contributed by atoms with Gasteiger partial charge >= 0.3 is 0 Å². The van der Waals surface area contributed by atoms with Gasteiger partial charge in [-0.25, -0.2) is 9.97 Å². The van der Waals surface area contributed by atoms with Crippen molar-refractivity contribution in [3.05, 3.63) is 126 Å². The van der Waals surface area contributed by atoms with Crippen LogP contribution in [0.25, 0.3) is 22.6 Å². The Labute approximate surface area is 196 Å². The largest absolute Gasteiger partial charge is 0.311 e. The predicted molar refractivity (Wildman–Crippen MR) is 135 cm³/mol. The molecule has 4 heteroatoms. The molecular weight excluding hydrogens is 458 g/mol. The molecule has 154 valence electrons. The van der Waals surface area contributed by atoms with E-state index in [-0.39, 0.29) is 0 Å². The van der Waals surface area contributed by atoms with Crippen LogP contribution in [0.3, 0.4) is 0 Å². The number of hydrogen-bond donors (Lipinski definition) is 0. The molecule has 0 aliphatic heterocycles. The molecule has 0 saturated carbocycles. The van der Waals surface area contributed by atoms with E-state index in [0.717, 1.165) is 38.5 Å². The summed E-state index contributed by atoms with van der Waals surface area (Å²) in [4.78, 5) is 11.7.